The summed E-state index contributed by atoms with van der Waals surface area (Å²) in [7, 11) is 1.53. The highest BCUT2D eigenvalue weighted by molar-refractivity contribution is 5.76. The third-order valence-electron chi connectivity index (χ3n) is 4.17. The summed E-state index contributed by atoms with van der Waals surface area (Å²) in [4.78, 5) is 26.9. The van der Waals surface area contributed by atoms with Crippen LogP contribution in [0.5, 0.6) is 11.5 Å². The molecular formula is C20H26N4O4. The molecule has 1 aromatic heterocycles. The maximum Gasteiger partial charge on any atom is 0.273 e. The predicted molar refractivity (Wildman–Crippen MR) is 107 cm³/mol. The predicted octanol–water partition coefficient (Wildman–Crippen LogP) is 2.25. The van der Waals surface area contributed by atoms with Crippen LogP contribution in [0.1, 0.15) is 32.4 Å². The average Bonchev–Trinajstić information content (AvgIpc) is 2.70. The second kappa shape index (κ2) is 10.2. The Labute approximate surface area is 164 Å². The van der Waals surface area contributed by atoms with E-state index in [4.69, 9.17) is 9.47 Å². The summed E-state index contributed by atoms with van der Waals surface area (Å²) in [6.07, 6.45) is 2.90. The molecule has 0 bridgehead atoms. The SMILES string of the molecule is C=CCOc1ccc(-c2nnc(CCC(=O)NC(C)CC)c(=O)[nH]2)cc1OC. The van der Waals surface area contributed by atoms with Gasteiger partial charge in [-0.25, -0.2) is 0 Å². The monoisotopic (exact) mass is 386 g/mol. The third-order valence-corrected chi connectivity index (χ3v) is 4.17. The van der Waals surface area contributed by atoms with E-state index in [1.807, 2.05) is 13.8 Å². The van der Waals surface area contributed by atoms with Crippen LogP contribution < -0.4 is 20.3 Å². The van der Waals surface area contributed by atoms with Gasteiger partial charge in [-0.1, -0.05) is 19.6 Å². The van der Waals surface area contributed by atoms with Crippen LogP contribution in [0, 0.1) is 0 Å². The lowest BCUT2D eigenvalue weighted by Crippen LogP contribution is -2.32. The molecule has 0 radical (unpaired) electrons. The fraction of sp³-hybridized carbons (Fsp3) is 0.400. The van der Waals surface area contributed by atoms with Crippen molar-refractivity contribution in [3.63, 3.8) is 0 Å². The van der Waals surface area contributed by atoms with Crippen LogP contribution in [0.15, 0.2) is 35.6 Å². The van der Waals surface area contributed by atoms with Crippen molar-refractivity contribution >= 4 is 5.91 Å². The van der Waals surface area contributed by atoms with E-state index < -0.39 is 0 Å². The molecule has 0 saturated heterocycles. The molecule has 0 spiro atoms. The van der Waals surface area contributed by atoms with Crippen molar-refractivity contribution in [3.05, 3.63) is 46.9 Å². The Bertz CT molecular complexity index is 879. The maximum absolute atomic E-state index is 12.3. The Morgan fingerprint density at radius 1 is 1.36 bits per heavy atom. The first-order chi connectivity index (χ1) is 13.5. The number of aromatic nitrogens is 3. The zero-order valence-corrected chi connectivity index (χ0v) is 16.4. The minimum absolute atomic E-state index is 0.104. The number of ether oxygens (including phenoxy) is 2. The first-order valence-electron chi connectivity index (χ1n) is 9.15. The molecule has 28 heavy (non-hydrogen) atoms. The number of hydrogen-bond donors (Lipinski definition) is 2. The first-order valence-corrected chi connectivity index (χ1v) is 9.15. The molecule has 1 aromatic carbocycles. The molecule has 2 N–H and O–H groups in total. The lowest BCUT2D eigenvalue weighted by molar-refractivity contribution is -0.121. The van der Waals surface area contributed by atoms with Gasteiger partial charge in [0.05, 0.1) is 7.11 Å². The third kappa shape index (κ3) is 5.67. The summed E-state index contributed by atoms with van der Waals surface area (Å²) < 4.78 is 10.8. The maximum atomic E-state index is 12.3. The molecule has 150 valence electrons. The number of amides is 1. The summed E-state index contributed by atoms with van der Waals surface area (Å²) in [6, 6.07) is 5.29. The van der Waals surface area contributed by atoms with E-state index in [9.17, 15) is 9.59 Å². The van der Waals surface area contributed by atoms with Crippen molar-refractivity contribution in [2.45, 2.75) is 39.2 Å². The van der Waals surface area contributed by atoms with Crippen molar-refractivity contribution in [1.29, 1.82) is 0 Å². The topological polar surface area (TPSA) is 106 Å². The summed E-state index contributed by atoms with van der Waals surface area (Å²) in [5.74, 6) is 1.27. The van der Waals surface area contributed by atoms with Crippen molar-refractivity contribution < 1.29 is 14.3 Å². The van der Waals surface area contributed by atoms with Crippen molar-refractivity contribution in [1.82, 2.24) is 20.5 Å². The number of aromatic amines is 1. The van der Waals surface area contributed by atoms with Gasteiger partial charge in [-0.05, 0) is 31.5 Å². The van der Waals surface area contributed by atoms with E-state index in [2.05, 4.69) is 27.1 Å². The molecule has 1 amide bonds. The quantitative estimate of drug-likeness (QED) is 0.607. The van der Waals surface area contributed by atoms with Gasteiger partial charge in [-0.3, -0.25) is 9.59 Å². The normalized spacial score (nSPS) is 11.5. The van der Waals surface area contributed by atoms with Gasteiger partial charge in [0.1, 0.15) is 12.3 Å². The largest absolute Gasteiger partial charge is 0.493 e. The second-order valence-corrected chi connectivity index (χ2v) is 6.29. The summed E-state index contributed by atoms with van der Waals surface area (Å²) in [5, 5.41) is 10.9. The van der Waals surface area contributed by atoms with Gasteiger partial charge in [0.2, 0.25) is 5.91 Å². The Morgan fingerprint density at radius 2 is 2.14 bits per heavy atom. The van der Waals surface area contributed by atoms with Crippen LogP contribution in [-0.2, 0) is 11.2 Å². The summed E-state index contributed by atoms with van der Waals surface area (Å²) in [6.45, 7) is 7.89. The molecule has 8 nitrogen and oxygen atoms in total. The first kappa shape index (κ1) is 21.1. The summed E-state index contributed by atoms with van der Waals surface area (Å²) in [5.41, 5.74) is 0.488. The Balaban J connectivity index is 2.12. The van der Waals surface area contributed by atoms with Gasteiger partial charge < -0.3 is 19.8 Å². The highest BCUT2D eigenvalue weighted by atomic mass is 16.5. The lowest BCUT2D eigenvalue weighted by atomic mass is 10.2. The Kier molecular flexibility index (Phi) is 7.74. The molecular weight excluding hydrogens is 360 g/mol. The van der Waals surface area contributed by atoms with Crippen molar-refractivity contribution in [2.24, 2.45) is 0 Å². The molecule has 0 saturated carbocycles. The van der Waals surface area contributed by atoms with E-state index in [1.165, 1.54) is 7.11 Å². The van der Waals surface area contributed by atoms with Crippen LogP contribution in [0.4, 0.5) is 0 Å². The van der Waals surface area contributed by atoms with Crippen LogP contribution in [0.3, 0.4) is 0 Å². The number of rotatable bonds is 10. The fourth-order valence-corrected chi connectivity index (χ4v) is 2.42. The van der Waals surface area contributed by atoms with Gasteiger partial charge in [0, 0.05) is 24.4 Å². The van der Waals surface area contributed by atoms with E-state index >= 15 is 0 Å². The number of H-pyrrole nitrogens is 1. The number of aryl methyl sites for hydroxylation is 1. The van der Waals surface area contributed by atoms with E-state index in [0.29, 0.717) is 29.5 Å². The highest BCUT2D eigenvalue weighted by Gasteiger charge is 2.12. The van der Waals surface area contributed by atoms with Crippen LogP contribution in [-0.4, -0.2) is 40.8 Å². The molecule has 2 rings (SSSR count). The number of nitrogens with zero attached hydrogens (tertiary/aromatic N) is 2. The van der Waals surface area contributed by atoms with Gasteiger partial charge in [0.25, 0.3) is 5.56 Å². The lowest BCUT2D eigenvalue weighted by Gasteiger charge is -2.11. The number of nitrogens with one attached hydrogen (secondary N) is 2. The fourth-order valence-electron chi connectivity index (χ4n) is 2.42. The number of carbonyl (C=O) groups is 1. The van der Waals surface area contributed by atoms with Gasteiger partial charge in [-0.15, -0.1) is 10.2 Å². The summed E-state index contributed by atoms with van der Waals surface area (Å²) >= 11 is 0. The Hall–Kier alpha value is -3.16. The molecule has 0 fully saturated rings. The number of hydrogen-bond acceptors (Lipinski definition) is 6. The molecule has 0 aliphatic rings. The number of benzene rings is 1. The molecule has 0 aliphatic carbocycles. The highest BCUT2D eigenvalue weighted by Crippen LogP contribution is 2.31. The van der Waals surface area contributed by atoms with E-state index in [0.717, 1.165) is 6.42 Å². The smallest absolute Gasteiger partial charge is 0.273 e. The van der Waals surface area contributed by atoms with Gasteiger partial charge in [-0.2, -0.15) is 0 Å². The van der Waals surface area contributed by atoms with E-state index in [-0.39, 0.29) is 36.0 Å². The van der Waals surface area contributed by atoms with E-state index in [1.54, 1.807) is 24.3 Å². The van der Waals surface area contributed by atoms with Crippen LogP contribution >= 0.6 is 0 Å². The average molecular weight is 386 g/mol. The number of methoxy groups -OCH3 is 1. The van der Waals surface area contributed by atoms with Crippen LogP contribution in [0.25, 0.3) is 11.4 Å². The molecule has 1 heterocycles. The molecule has 8 heteroatoms. The Morgan fingerprint density at radius 3 is 2.79 bits per heavy atom. The van der Waals surface area contributed by atoms with Crippen LogP contribution in [0.2, 0.25) is 0 Å². The van der Waals surface area contributed by atoms with Gasteiger partial charge in [0.15, 0.2) is 17.3 Å². The standard InChI is InChI=1S/C20H26N4O4/c1-5-11-28-16-9-7-14(12-17(16)27-4)19-22-20(26)15(23-24-19)8-10-18(25)21-13(3)6-2/h5,7,9,12-13H,1,6,8,10-11H2,2-4H3,(H,21,25)(H,22,24,26). The zero-order valence-electron chi connectivity index (χ0n) is 16.4. The molecule has 2 aromatic rings. The molecule has 0 aliphatic heterocycles. The zero-order chi connectivity index (χ0) is 20.5. The van der Waals surface area contributed by atoms with Crippen molar-refractivity contribution in [3.8, 4) is 22.9 Å². The molecule has 1 unspecified atom stereocenters. The molecule has 1 atom stereocenters. The minimum Gasteiger partial charge on any atom is -0.493 e. The minimum atomic E-state index is -0.368. The number of carbonyl (C=O) groups excluding carboxylic acids is 1. The van der Waals surface area contributed by atoms with Gasteiger partial charge >= 0.3 is 0 Å². The second-order valence-electron chi connectivity index (χ2n) is 6.29. The van der Waals surface area contributed by atoms with Crippen molar-refractivity contribution in [2.75, 3.05) is 13.7 Å².